The molecule has 0 radical (unpaired) electrons. The Bertz CT molecular complexity index is 722. The average Bonchev–Trinajstić information content (AvgIpc) is 2.31. The van der Waals surface area contributed by atoms with Gasteiger partial charge < -0.3 is 0 Å². The van der Waals surface area contributed by atoms with Gasteiger partial charge in [0.25, 0.3) is 0 Å². The quantitative estimate of drug-likeness (QED) is 0.796. The minimum atomic E-state index is -3.40. The molecule has 0 amide bonds. The fourth-order valence-corrected chi connectivity index (χ4v) is 3.46. The van der Waals surface area contributed by atoms with Crippen LogP contribution in [-0.2, 0) is 9.84 Å². The van der Waals surface area contributed by atoms with Crippen LogP contribution in [0.15, 0.2) is 41.3 Å². The molecule has 0 saturated heterocycles. The fourth-order valence-electron chi connectivity index (χ4n) is 1.66. The lowest BCUT2D eigenvalue weighted by Crippen LogP contribution is -1.98. The van der Waals surface area contributed by atoms with E-state index in [0.29, 0.717) is 15.6 Å². The standard InChI is InChI=1S/C13H9Cl3O2S/c1-19(17,18)13-7-11(15)10(6-12(13)16)8-2-4-9(14)5-3-8/h2-7H,1H3. The van der Waals surface area contributed by atoms with E-state index in [9.17, 15) is 8.42 Å². The predicted molar refractivity (Wildman–Crippen MR) is 80.0 cm³/mol. The van der Waals surface area contributed by atoms with Gasteiger partial charge >= 0.3 is 0 Å². The zero-order chi connectivity index (χ0) is 14.2. The van der Waals surface area contributed by atoms with Crippen molar-refractivity contribution in [3.8, 4) is 11.1 Å². The molecule has 0 bridgehead atoms. The first-order valence-electron chi connectivity index (χ1n) is 5.24. The largest absolute Gasteiger partial charge is 0.224 e. The number of halogens is 3. The van der Waals surface area contributed by atoms with Crippen molar-refractivity contribution in [2.45, 2.75) is 4.90 Å². The molecule has 0 atom stereocenters. The van der Waals surface area contributed by atoms with Gasteiger partial charge in [0.15, 0.2) is 9.84 Å². The van der Waals surface area contributed by atoms with E-state index < -0.39 is 9.84 Å². The molecule has 0 spiro atoms. The summed E-state index contributed by atoms with van der Waals surface area (Å²) in [6.45, 7) is 0. The van der Waals surface area contributed by atoms with Crippen molar-refractivity contribution in [2.24, 2.45) is 0 Å². The molecule has 0 unspecified atom stereocenters. The number of hydrogen-bond donors (Lipinski definition) is 0. The molecule has 2 aromatic rings. The Hall–Kier alpha value is -0.740. The van der Waals surface area contributed by atoms with Crippen LogP contribution in [0.4, 0.5) is 0 Å². The monoisotopic (exact) mass is 334 g/mol. The van der Waals surface area contributed by atoms with E-state index in [1.165, 1.54) is 6.07 Å². The highest BCUT2D eigenvalue weighted by molar-refractivity contribution is 7.90. The molecule has 2 nitrogen and oxygen atoms in total. The van der Waals surface area contributed by atoms with Gasteiger partial charge in [-0.1, -0.05) is 46.9 Å². The Morgan fingerprint density at radius 2 is 1.47 bits per heavy atom. The molecule has 2 rings (SSSR count). The SMILES string of the molecule is CS(=O)(=O)c1cc(Cl)c(-c2ccc(Cl)cc2)cc1Cl. The third-order valence-electron chi connectivity index (χ3n) is 2.58. The van der Waals surface area contributed by atoms with Crippen LogP contribution in [-0.4, -0.2) is 14.7 Å². The van der Waals surface area contributed by atoms with Crippen molar-refractivity contribution < 1.29 is 8.42 Å². The van der Waals surface area contributed by atoms with Gasteiger partial charge in [0.1, 0.15) is 0 Å². The Morgan fingerprint density at radius 3 is 2.00 bits per heavy atom. The van der Waals surface area contributed by atoms with E-state index in [0.717, 1.165) is 11.8 Å². The van der Waals surface area contributed by atoms with Gasteiger partial charge in [-0.25, -0.2) is 8.42 Å². The van der Waals surface area contributed by atoms with Crippen LogP contribution in [0.2, 0.25) is 15.1 Å². The summed E-state index contributed by atoms with van der Waals surface area (Å²) in [4.78, 5) is 0.0249. The van der Waals surface area contributed by atoms with E-state index >= 15 is 0 Å². The summed E-state index contributed by atoms with van der Waals surface area (Å²) in [6.07, 6.45) is 1.09. The molecule has 0 aliphatic heterocycles. The summed E-state index contributed by atoms with van der Waals surface area (Å²) in [6, 6.07) is 9.95. The molecule has 0 saturated carbocycles. The summed E-state index contributed by atoms with van der Waals surface area (Å²) in [5.74, 6) is 0. The highest BCUT2D eigenvalue weighted by Crippen LogP contribution is 2.35. The van der Waals surface area contributed by atoms with E-state index in [1.807, 2.05) is 0 Å². The van der Waals surface area contributed by atoms with Gasteiger partial charge in [-0.15, -0.1) is 0 Å². The second-order valence-corrected chi connectivity index (χ2v) is 7.28. The lowest BCUT2D eigenvalue weighted by Gasteiger charge is -2.09. The Labute approximate surface area is 126 Å². The summed E-state index contributed by atoms with van der Waals surface area (Å²) in [5, 5.41) is 1.09. The van der Waals surface area contributed by atoms with Crippen LogP contribution in [0, 0.1) is 0 Å². The molecule has 0 aliphatic rings. The molecule has 0 N–H and O–H groups in total. The zero-order valence-electron chi connectivity index (χ0n) is 9.82. The first-order chi connectivity index (χ1) is 8.79. The van der Waals surface area contributed by atoms with Crippen LogP contribution in [0.5, 0.6) is 0 Å². The van der Waals surface area contributed by atoms with Crippen LogP contribution >= 0.6 is 34.8 Å². The number of hydrogen-bond acceptors (Lipinski definition) is 2. The Morgan fingerprint density at radius 1 is 0.895 bits per heavy atom. The topological polar surface area (TPSA) is 34.1 Å². The second-order valence-electron chi connectivity index (χ2n) is 4.04. The summed E-state index contributed by atoms with van der Waals surface area (Å²) in [5.41, 5.74) is 1.48. The Kier molecular flexibility index (Phi) is 4.11. The number of benzene rings is 2. The highest BCUT2D eigenvalue weighted by atomic mass is 35.5. The van der Waals surface area contributed by atoms with Crippen LogP contribution in [0.25, 0.3) is 11.1 Å². The molecule has 0 fully saturated rings. The lowest BCUT2D eigenvalue weighted by atomic mass is 10.1. The van der Waals surface area contributed by atoms with Crippen LogP contribution in [0.3, 0.4) is 0 Å². The third kappa shape index (κ3) is 3.23. The van der Waals surface area contributed by atoms with Crippen LogP contribution in [0.1, 0.15) is 0 Å². The van der Waals surface area contributed by atoms with E-state index in [-0.39, 0.29) is 9.92 Å². The molecule has 100 valence electrons. The summed E-state index contributed by atoms with van der Waals surface area (Å²) < 4.78 is 23.1. The van der Waals surface area contributed by atoms with Crippen molar-refractivity contribution in [1.29, 1.82) is 0 Å². The van der Waals surface area contributed by atoms with E-state index in [1.54, 1.807) is 30.3 Å². The van der Waals surface area contributed by atoms with Crippen molar-refractivity contribution in [3.05, 3.63) is 51.5 Å². The molecule has 19 heavy (non-hydrogen) atoms. The molecule has 0 heterocycles. The normalized spacial score (nSPS) is 11.6. The van der Waals surface area contributed by atoms with Gasteiger partial charge in [-0.2, -0.15) is 0 Å². The predicted octanol–water partition coefficient (Wildman–Crippen LogP) is 4.72. The van der Waals surface area contributed by atoms with Crippen molar-refractivity contribution >= 4 is 44.6 Å². The third-order valence-corrected chi connectivity index (χ3v) is 4.70. The first-order valence-corrected chi connectivity index (χ1v) is 8.26. The van der Waals surface area contributed by atoms with Gasteiger partial charge in [0.05, 0.1) is 9.92 Å². The maximum atomic E-state index is 11.5. The maximum Gasteiger partial charge on any atom is 0.177 e. The van der Waals surface area contributed by atoms with Crippen molar-refractivity contribution in [3.63, 3.8) is 0 Å². The average molecular weight is 336 g/mol. The van der Waals surface area contributed by atoms with Gasteiger partial charge in [0, 0.05) is 21.9 Å². The minimum absolute atomic E-state index is 0.0249. The maximum absolute atomic E-state index is 11.5. The minimum Gasteiger partial charge on any atom is -0.224 e. The lowest BCUT2D eigenvalue weighted by molar-refractivity contribution is 0.602. The number of sulfone groups is 1. The molecule has 0 aromatic heterocycles. The van der Waals surface area contributed by atoms with E-state index in [2.05, 4.69) is 0 Å². The Balaban J connectivity index is 2.62. The second kappa shape index (κ2) is 5.33. The van der Waals surface area contributed by atoms with Crippen molar-refractivity contribution in [2.75, 3.05) is 6.26 Å². The first kappa shape index (κ1) is 14.7. The zero-order valence-corrected chi connectivity index (χ0v) is 12.9. The summed E-state index contributed by atoms with van der Waals surface area (Å²) in [7, 11) is -3.40. The van der Waals surface area contributed by atoms with Gasteiger partial charge in [-0.05, 0) is 29.8 Å². The highest BCUT2D eigenvalue weighted by Gasteiger charge is 2.16. The smallest absolute Gasteiger partial charge is 0.177 e. The molecular formula is C13H9Cl3O2S. The molecule has 6 heteroatoms. The van der Waals surface area contributed by atoms with Crippen LogP contribution < -0.4 is 0 Å². The summed E-state index contributed by atoms with van der Waals surface area (Å²) >= 11 is 17.9. The fraction of sp³-hybridized carbons (Fsp3) is 0.0769. The number of rotatable bonds is 2. The molecule has 2 aromatic carbocycles. The van der Waals surface area contributed by atoms with E-state index in [4.69, 9.17) is 34.8 Å². The van der Waals surface area contributed by atoms with Gasteiger partial charge in [-0.3, -0.25) is 0 Å². The molecule has 0 aliphatic carbocycles. The van der Waals surface area contributed by atoms with Crippen molar-refractivity contribution in [1.82, 2.24) is 0 Å². The molecular weight excluding hydrogens is 327 g/mol. The van der Waals surface area contributed by atoms with Gasteiger partial charge in [0.2, 0.25) is 0 Å².